The molecule has 0 aliphatic heterocycles. The van der Waals surface area contributed by atoms with Gasteiger partial charge < -0.3 is 5.32 Å². The maximum atomic E-state index is 4.68. The minimum atomic E-state index is 0.208. The van der Waals surface area contributed by atoms with Gasteiger partial charge in [-0.25, -0.2) is 0 Å². The van der Waals surface area contributed by atoms with Gasteiger partial charge in [0.05, 0.1) is 27.6 Å². The monoisotopic (exact) mass is 353 g/mol. The third-order valence-corrected chi connectivity index (χ3v) is 4.55. The van der Waals surface area contributed by atoms with Crippen LogP contribution in [0.15, 0.2) is 16.7 Å². The first kappa shape index (κ1) is 16.2. The van der Waals surface area contributed by atoms with Crippen LogP contribution in [0.3, 0.4) is 0 Å². The van der Waals surface area contributed by atoms with Crippen molar-refractivity contribution in [3.05, 3.63) is 33.8 Å². The molecule has 116 valence electrons. The number of aryl methyl sites for hydroxylation is 3. The smallest absolute Gasteiger partial charge is 0.0797 e. The van der Waals surface area contributed by atoms with Gasteiger partial charge in [-0.2, -0.15) is 10.2 Å². The van der Waals surface area contributed by atoms with E-state index in [9.17, 15) is 0 Å². The van der Waals surface area contributed by atoms with Crippen molar-refractivity contribution >= 4 is 15.9 Å². The van der Waals surface area contributed by atoms with E-state index in [4.69, 9.17) is 0 Å². The van der Waals surface area contributed by atoms with Gasteiger partial charge in [0.15, 0.2) is 0 Å². The molecule has 0 saturated heterocycles. The minimum absolute atomic E-state index is 0.208. The summed E-state index contributed by atoms with van der Waals surface area (Å²) in [7, 11) is 1.95. The molecule has 2 heterocycles. The van der Waals surface area contributed by atoms with Crippen LogP contribution in [-0.2, 0) is 26.4 Å². The van der Waals surface area contributed by atoms with E-state index in [1.807, 2.05) is 17.9 Å². The number of hydrogen-bond acceptors (Lipinski definition) is 3. The molecule has 0 spiro atoms. The van der Waals surface area contributed by atoms with Crippen LogP contribution in [0, 0.1) is 0 Å². The number of rotatable bonds is 7. The highest BCUT2D eigenvalue weighted by Gasteiger charge is 2.20. The SMILES string of the molecule is CCNC(Cc1c(Br)c(CC)nn1CC)c1ccn(C)n1. The predicted octanol–water partition coefficient (Wildman–Crippen LogP) is 2.85. The quantitative estimate of drug-likeness (QED) is 0.832. The van der Waals surface area contributed by atoms with Gasteiger partial charge >= 0.3 is 0 Å². The third kappa shape index (κ3) is 3.55. The van der Waals surface area contributed by atoms with Crippen LogP contribution < -0.4 is 5.32 Å². The Bertz CT molecular complexity index is 587. The summed E-state index contributed by atoms with van der Waals surface area (Å²) in [4.78, 5) is 0. The normalized spacial score (nSPS) is 12.8. The van der Waals surface area contributed by atoms with E-state index in [0.717, 1.165) is 41.8 Å². The van der Waals surface area contributed by atoms with E-state index < -0.39 is 0 Å². The lowest BCUT2D eigenvalue weighted by Gasteiger charge is -2.16. The van der Waals surface area contributed by atoms with Crippen molar-refractivity contribution in [3.8, 4) is 0 Å². The second-order valence-electron chi connectivity index (χ2n) is 5.11. The molecule has 0 radical (unpaired) electrons. The van der Waals surface area contributed by atoms with E-state index in [0.29, 0.717) is 0 Å². The largest absolute Gasteiger partial charge is 0.309 e. The van der Waals surface area contributed by atoms with E-state index in [-0.39, 0.29) is 6.04 Å². The molecule has 0 aliphatic rings. The lowest BCUT2D eigenvalue weighted by Crippen LogP contribution is -2.25. The summed E-state index contributed by atoms with van der Waals surface area (Å²) in [5.74, 6) is 0. The highest BCUT2D eigenvalue weighted by atomic mass is 79.9. The molecule has 0 amide bonds. The van der Waals surface area contributed by atoms with Crippen LogP contribution in [-0.4, -0.2) is 26.1 Å². The Balaban J connectivity index is 2.30. The van der Waals surface area contributed by atoms with Gasteiger partial charge in [0.2, 0.25) is 0 Å². The molecule has 2 aromatic rings. The first-order valence-electron chi connectivity index (χ1n) is 7.57. The fourth-order valence-corrected chi connectivity index (χ4v) is 3.28. The van der Waals surface area contributed by atoms with Crippen molar-refractivity contribution in [2.45, 2.75) is 46.2 Å². The van der Waals surface area contributed by atoms with Gasteiger partial charge in [0, 0.05) is 26.2 Å². The molecule has 1 atom stereocenters. The summed E-state index contributed by atoms with van der Waals surface area (Å²) >= 11 is 3.72. The molecule has 0 bridgehead atoms. The molecule has 0 saturated carbocycles. The van der Waals surface area contributed by atoms with Crippen molar-refractivity contribution in [2.75, 3.05) is 6.54 Å². The zero-order valence-corrected chi connectivity index (χ0v) is 14.8. The number of halogens is 1. The molecule has 21 heavy (non-hydrogen) atoms. The highest BCUT2D eigenvalue weighted by molar-refractivity contribution is 9.10. The Labute approximate surface area is 134 Å². The van der Waals surface area contributed by atoms with Gasteiger partial charge in [-0.15, -0.1) is 0 Å². The number of aromatic nitrogens is 4. The molecule has 6 heteroatoms. The van der Waals surface area contributed by atoms with Crippen LogP contribution in [0.2, 0.25) is 0 Å². The number of hydrogen-bond donors (Lipinski definition) is 1. The molecule has 1 unspecified atom stereocenters. The molecule has 0 aliphatic carbocycles. The topological polar surface area (TPSA) is 47.7 Å². The second kappa shape index (κ2) is 7.22. The predicted molar refractivity (Wildman–Crippen MR) is 88.3 cm³/mol. The summed E-state index contributed by atoms with van der Waals surface area (Å²) in [6.45, 7) is 8.19. The lowest BCUT2D eigenvalue weighted by atomic mass is 10.1. The zero-order chi connectivity index (χ0) is 15.4. The Kier molecular flexibility index (Phi) is 5.58. The van der Waals surface area contributed by atoms with Crippen molar-refractivity contribution in [2.24, 2.45) is 7.05 Å². The number of nitrogens with zero attached hydrogens (tertiary/aromatic N) is 4. The van der Waals surface area contributed by atoms with Gasteiger partial charge in [-0.1, -0.05) is 13.8 Å². The van der Waals surface area contributed by atoms with Crippen molar-refractivity contribution in [1.29, 1.82) is 0 Å². The molecular formula is C15H24BrN5. The summed E-state index contributed by atoms with van der Waals surface area (Å²) in [6.07, 6.45) is 3.81. The molecule has 0 fully saturated rings. The van der Waals surface area contributed by atoms with E-state index in [2.05, 4.69) is 63.0 Å². The van der Waals surface area contributed by atoms with Crippen molar-refractivity contribution < 1.29 is 0 Å². The standard InChI is InChI=1S/C15H24BrN5/c1-5-11-15(16)14(21(7-3)19-11)10-13(17-6-2)12-8-9-20(4)18-12/h8-9,13,17H,5-7,10H2,1-4H3. The highest BCUT2D eigenvalue weighted by Crippen LogP contribution is 2.27. The molecular weight excluding hydrogens is 330 g/mol. The first-order chi connectivity index (χ1) is 10.1. The van der Waals surface area contributed by atoms with Gasteiger partial charge in [-0.05, 0) is 41.9 Å². The Morgan fingerprint density at radius 2 is 2.05 bits per heavy atom. The number of likely N-dealkylation sites (N-methyl/N-ethyl adjacent to an activating group) is 1. The fraction of sp³-hybridized carbons (Fsp3) is 0.600. The van der Waals surface area contributed by atoms with Crippen LogP contribution in [0.4, 0.5) is 0 Å². The van der Waals surface area contributed by atoms with Crippen LogP contribution >= 0.6 is 15.9 Å². The van der Waals surface area contributed by atoms with Crippen LogP contribution in [0.1, 0.15) is 43.9 Å². The molecule has 1 N–H and O–H groups in total. The van der Waals surface area contributed by atoms with E-state index in [1.165, 1.54) is 5.69 Å². The fourth-order valence-electron chi connectivity index (χ4n) is 2.55. The first-order valence-corrected chi connectivity index (χ1v) is 8.36. The van der Waals surface area contributed by atoms with Gasteiger partial charge in [0.25, 0.3) is 0 Å². The second-order valence-corrected chi connectivity index (χ2v) is 5.90. The average molecular weight is 354 g/mol. The van der Waals surface area contributed by atoms with Crippen LogP contribution in [0.5, 0.6) is 0 Å². The van der Waals surface area contributed by atoms with Gasteiger partial charge in [0.1, 0.15) is 0 Å². The summed E-state index contributed by atoms with van der Waals surface area (Å²) in [6, 6.07) is 2.29. The van der Waals surface area contributed by atoms with Crippen molar-refractivity contribution in [3.63, 3.8) is 0 Å². The maximum Gasteiger partial charge on any atom is 0.0797 e. The van der Waals surface area contributed by atoms with Crippen LogP contribution in [0.25, 0.3) is 0 Å². The zero-order valence-electron chi connectivity index (χ0n) is 13.2. The Hall–Kier alpha value is -1.14. The summed E-state index contributed by atoms with van der Waals surface area (Å²) in [5.41, 5.74) is 3.45. The van der Waals surface area contributed by atoms with Gasteiger partial charge in [-0.3, -0.25) is 9.36 Å². The van der Waals surface area contributed by atoms with Crippen molar-refractivity contribution in [1.82, 2.24) is 24.9 Å². The molecule has 0 aromatic carbocycles. The Morgan fingerprint density at radius 1 is 1.29 bits per heavy atom. The molecule has 2 rings (SSSR count). The third-order valence-electron chi connectivity index (χ3n) is 3.63. The van der Waals surface area contributed by atoms with E-state index in [1.54, 1.807) is 0 Å². The lowest BCUT2D eigenvalue weighted by molar-refractivity contribution is 0.500. The molecule has 5 nitrogen and oxygen atoms in total. The maximum absolute atomic E-state index is 4.68. The van der Waals surface area contributed by atoms with E-state index >= 15 is 0 Å². The summed E-state index contributed by atoms with van der Waals surface area (Å²) in [5, 5.41) is 12.8. The minimum Gasteiger partial charge on any atom is -0.309 e. The molecule has 2 aromatic heterocycles. The Morgan fingerprint density at radius 3 is 2.57 bits per heavy atom. The summed E-state index contributed by atoms with van der Waals surface area (Å²) < 4.78 is 5.09. The average Bonchev–Trinajstić information content (AvgIpc) is 3.03. The number of nitrogens with one attached hydrogen (secondary N) is 1.